The summed E-state index contributed by atoms with van der Waals surface area (Å²) < 4.78 is 64.6. The molecule has 0 bridgehead atoms. The second kappa shape index (κ2) is 5.24. The zero-order chi connectivity index (χ0) is 14.9. The van der Waals surface area contributed by atoms with Crippen molar-refractivity contribution >= 4 is 0 Å². The molecule has 1 unspecified atom stereocenters. The molecule has 20 heavy (non-hydrogen) atoms. The maximum atomic E-state index is 13.4. The number of benzene rings is 1. The smallest absolute Gasteiger partial charge is 0.379 e. The van der Waals surface area contributed by atoms with Crippen molar-refractivity contribution in [2.45, 2.75) is 18.8 Å². The van der Waals surface area contributed by atoms with Gasteiger partial charge in [-0.25, -0.2) is 8.78 Å². The summed E-state index contributed by atoms with van der Waals surface area (Å²) in [5.74, 6) is -2.07. The quantitative estimate of drug-likeness (QED) is 0.861. The second-order valence-electron chi connectivity index (χ2n) is 4.27. The molecule has 0 aliphatic rings. The molecule has 1 aromatic carbocycles. The number of aliphatic hydroxyl groups is 1. The topological polar surface area (TPSA) is 25.2 Å². The molecule has 0 saturated heterocycles. The summed E-state index contributed by atoms with van der Waals surface area (Å²) >= 11 is 0. The third-order valence-corrected chi connectivity index (χ3v) is 2.78. The van der Waals surface area contributed by atoms with E-state index in [0.717, 1.165) is 18.3 Å². The Morgan fingerprint density at radius 1 is 1.15 bits per heavy atom. The van der Waals surface area contributed by atoms with Crippen LogP contribution in [0.4, 0.5) is 22.0 Å². The Balaban J connectivity index is 2.20. The van der Waals surface area contributed by atoms with Crippen molar-refractivity contribution < 1.29 is 27.1 Å². The summed E-state index contributed by atoms with van der Waals surface area (Å²) in [6.07, 6.45) is -5.06. The van der Waals surface area contributed by atoms with Gasteiger partial charge in [0, 0.05) is 30.1 Å². The van der Waals surface area contributed by atoms with E-state index < -0.39 is 23.9 Å². The minimum Gasteiger partial charge on any atom is -0.379 e. The molecule has 7 heteroatoms. The molecule has 1 atom stereocenters. The molecule has 2 nitrogen and oxygen atoms in total. The van der Waals surface area contributed by atoms with E-state index in [1.165, 1.54) is 22.9 Å². The molecule has 2 rings (SSSR count). The second-order valence-corrected chi connectivity index (χ2v) is 4.27. The van der Waals surface area contributed by atoms with Crippen molar-refractivity contribution in [2.24, 2.45) is 0 Å². The monoisotopic (exact) mass is 291 g/mol. The van der Waals surface area contributed by atoms with Crippen LogP contribution in [0.2, 0.25) is 0 Å². The Hall–Kier alpha value is -1.89. The van der Waals surface area contributed by atoms with Crippen LogP contribution in [-0.4, -0.2) is 15.8 Å². The lowest BCUT2D eigenvalue weighted by molar-refractivity contribution is -0.206. The van der Waals surface area contributed by atoms with Crippen LogP contribution in [0.25, 0.3) is 0 Å². The molecule has 0 aliphatic heterocycles. The fourth-order valence-corrected chi connectivity index (χ4v) is 1.78. The molecule has 0 spiro atoms. The summed E-state index contributed by atoms with van der Waals surface area (Å²) in [6.45, 7) is -0.131. The first-order valence-corrected chi connectivity index (χ1v) is 5.62. The van der Waals surface area contributed by atoms with Gasteiger partial charge in [0.1, 0.15) is 0 Å². The molecule has 0 aliphatic carbocycles. The lowest BCUT2D eigenvalue weighted by Gasteiger charge is -2.12. The van der Waals surface area contributed by atoms with Gasteiger partial charge in [-0.2, -0.15) is 13.2 Å². The van der Waals surface area contributed by atoms with E-state index in [1.807, 2.05) is 0 Å². The predicted octanol–water partition coefficient (Wildman–Crippen LogP) is 3.41. The average Bonchev–Trinajstić information content (AvgIpc) is 2.81. The maximum absolute atomic E-state index is 13.4. The van der Waals surface area contributed by atoms with E-state index in [2.05, 4.69) is 0 Å². The highest BCUT2D eigenvalue weighted by Gasteiger charge is 2.39. The number of aliphatic hydroxyl groups excluding tert-OH is 1. The van der Waals surface area contributed by atoms with Crippen molar-refractivity contribution in [2.75, 3.05) is 0 Å². The highest BCUT2D eigenvalue weighted by atomic mass is 19.4. The number of nitrogens with zero attached hydrogens (tertiary/aromatic N) is 1. The van der Waals surface area contributed by atoms with Gasteiger partial charge in [-0.1, -0.05) is 12.1 Å². The average molecular weight is 291 g/mol. The highest BCUT2D eigenvalue weighted by molar-refractivity contribution is 5.21. The molecule has 1 N–H and O–H groups in total. The van der Waals surface area contributed by atoms with E-state index >= 15 is 0 Å². The fraction of sp³-hybridized carbons (Fsp3) is 0.231. The zero-order valence-electron chi connectivity index (χ0n) is 10.0. The molecule has 1 heterocycles. The first kappa shape index (κ1) is 14.5. The number of hydrogen-bond acceptors (Lipinski definition) is 1. The van der Waals surface area contributed by atoms with Gasteiger partial charge >= 0.3 is 6.18 Å². The van der Waals surface area contributed by atoms with Crippen molar-refractivity contribution in [1.29, 1.82) is 0 Å². The van der Waals surface area contributed by atoms with Crippen LogP contribution in [0.5, 0.6) is 0 Å². The van der Waals surface area contributed by atoms with Crippen LogP contribution in [-0.2, 0) is 6.54 Å². The fourth-order valence-electron chi connectivity index (χ4n) is 1.78. The maximum Gasteiger partial charge on any atom is 0.418 e. The Morgan fingerprint density at radius 3 is 2.50 bits per heavy atom. The standard InChI is InChI=1S/C13H10F5NO/c14-10-3-1-2-8(11(10)15)6-19-5-4-9(7-19)12(20)13(16,17)18/h1-5,7,12,20H,6H2. The minimum atomic E-state index is -4.77. The molecule has 0 radical (unpaired) electrons. The number of halogens is 5. The molecule has 1 aromatic heterocycles. The van der Waals surface area contributed by atoms with Crippen LogP contribution in [0.1, 0.15) is 17.2 Å². The van der Waals surface area contributed by atoms with Crippen LogP contribution >= 0.6 is 0 Å². The molecule has 2 aromatic rings. The Labute approximate surface area is 111 Å². The van der Waals surface area contributed by atoms with Gasteiger partial charge in [0.25, 0.3) is 0 Å². The minimum absolute atomic E-state index is 0.00801. The molecule has 108 valence electrons. The highest BCUT2D eigenvalue weighted by Crippen LogP contribution is 2.32. The SMILES string of the molecule is OC(c1ccn(Cc2cccc(F)c2F)c1)C(F)(F)F. The van der Waals surface area contributed by atoms with Crippen LogP contribution < -0.4 is 0 Å². The lowest BCUT2D eigenvalue weighted by Crippen LogP contribution is -2.19. The predicted molar refractivity (Wildman–Crippen MR) is 60.9 cm³/mol. The third-order valence-electron chi connectivity index (χ3n) is 2.78. The number of rotatable bonds is 3. The van der Waals surface area contributed by atoms with E-state index in [0.29, 0.717) is 0 Å². The molecular weight excluding hydrogens is 281 g/mol. The van der Waals surface area contributed by atoms with Crippen molar-refractivity contribution in [3.63, 3.8) is 0 Å². The summed E-state index contributed by atoms with van der Waals surface area (Å²) in [4.78, 5) is 0. The Bertz CT molecular complexity index is 605. The summed E-state index contributed by atoms with van der Waals surface area (Å²) in [7, 11) is 0. The van der Waals surface area contributed by atoms with Gasteiger partial charge in [-0.05, 0) is 12.1 Å². The number of aromatic nitrogens is 1. The van der Waals surface area contributed by atoms with E-state index in [-0.39, 0.29) is 17.7 Å². The van der Waals surface area contributed by atoms with Gasteiger partial charge in [-0.15, -0.1) is 0 Å². The normalized spacial score (nSPS) is 13.5. The number of hydrogen-bond donors (Lipinski definition) is 1. The van der Waals surface area contributed by atoms with Gasteiger partial charge in [0.2, 0.25) is 0 Å². The van der Waals surface area contributed by atoms with E-state index in [1.54, 1.807) is 0 Å². The van der Waals surface area contributed by atoms with Crippen molar-refractivity contribution in [3.05, 3.63) is 59.4 Å². The first-order valence-electron chi connectivity index (χ1n) is 5.62. The van der Waals surface area contributed by atoms with Crippen LogP contribution in [0, 0.1) is 11.6 Å². The first-order chi connectivity index (χ1) is 9.29. The third kappa shape index (κ3) is 2.98. The number of alkyl halides is 3. The lowest BCUT2D eigenvalue weighted by atomic mass is 10.2. The Kier molecular flexibility index (Phi) is 3.80. The Morgan fingerprint density at radius 2 is 1.85 bits per heavy atom. The van der Waals surface area contributed by atoms with Crippen molar-refractivity contribution in [1.82, 2.24) is 4.57 Å². The van der Waals surface area contributed by atoms with E-state index in [4.69, 9.17) is 5.11 Å². The van der Waals surface area contributed by atoms with Gasteiger partial charge < -0.3 is 9.67 Å². The van der Waals surface area contributed by atoms with Gasteiger partial charge in [-0.3, -0.25) is 0 Å². The molecular formula is C13H10F5NO. The summed E-state index contributed by atoms with van der Waals surface area (Å²) in [5, 5.41) is 9.06. The summed E-state index contributed by atoms with van der Waals surface area (Å²) in [5.41, 5.74) is -0.344. The zero-order valence-corrected chi connectivity index (χ0v) is 10.0. The van der Waals surface area contributed by atoms with Crippen molar-refractivity contribution in [3.8, 4) is 0 Å². The van der Waals surface area contributed by atoms with Crippen LogP contribution in [0.15, 0.2) is 36.7 Å². The van der Waals surface area contributed by atoms with E-state index in [9.17, 15) is 22.0 Å². The van der Waals surface area contributed by atoms with Gasteiger partial charge in [0.15, 0.2) is 17.7 Å². The largest absolute Gasteiger partial charge is 0.418 e. The molecule has 0 saturated carbocycles. The molecule has 0 amide bonds. The van der Waals surface area contributed by atoms with Gasteiger partial charge in [0.05, 0.1) is 0 Å². The van der Waals surface area contributed by atoms with Crippen LogP contribution in [0.3, 0.4) is 0 Å². The summed E-state index contributed by atoms with van der Waals surface area (Å²) in [6, 6.07) is 4.67. The molecule has 0 fully saturated rings.